The van der Waals surface area contributed by atoms with Crippen molar-refractivity contribution in [3.63, 3.8) is 0 Å². The van der Waals surface area contributed by atoms with Gasteiger partial charge in [-0.25, -0.2) is 0 Å². The van der Waals surface area contributed by atoms with Gasteiger partial charge in [-0.3, -0.25) is 4.98 Å². The fraction of sp³-hybridized carbons (Fsp3) is 0.182. The van der Waals surface area contributed by atoms with Gasteiger partial charge in [-0.2, -0.15) is 9.78 Å². The van der Waals surface area contributed by atoms with Crippen molar-refractivity contribution in [2.45, 2.75) is 31.2 Å². The fourth-order valence-corrected chi connectivity index (χ4v) is 4.70. The van der Waals surface area contributed by atoms with Gasteiger partial charge >= 0.3 is 0 Å². The number of rotatable bonds is 3. The number of pyridine rings is 1. The Hall–Kier alpha value is -3.19. The molecule has 0 N–H and O–H groups in total. The first-order valence-corrected chi connectivity index (χ1v) is 10.4. The van der Waals surface area contributed by atoms with Crippen molar-refractivity contribution in [1.82, 2.24) is 24.4 Å². The third kappa shape index (κ3) is 2.98. The molecule has 0 saturated carbocycles. The molecule has 7 heteroatoms. The van der Waals surface area contributed by atoms with Gasteiger partial charge in [0.15, 0.2) is 5.82 Å². The molecule has 0 amide bonds. The highest BCUT2D eigenvalue weighted by molar-refractivity contribution is 8.00. The quantitative estimate of drug-likeness (QED) is 0.508. The number of aromatic nitrogens is 5. The number of aryl methyl sites for hydroxylation is 1. The molecule has 0 aliphatic carbocycles. The van der Waals surface area contributed by atoms with Crippen LogP contribution in [0.4, 0.5) is 0 Å². The first kappa shape index (κ1) is 17.9. The van der Waals surface area contributed by atoms with Crippen molar-refractivity contribution < 1.29 is 0 Å². The predicted octanol–water partition coefficient (Wildman–Crippen LogP) is 4.49. The Morgan fingerprint density at radius 3 is 2.48 bits per heavy atom. The van der Waals surface area contributed by atoms with Crippen LogP contribution in [-0.2, 0) is 0 Å². The molecule has 5 rings (SSSR count). The highest BCUT2D eigenvalue weighted by Gasteiger charge is 2.28. The second kappa shape index (κ2) is 7.00. The number of fused-ring (bicyclic) bond motifs is 1. The Kier molecular flexibility index (Phi) is 4.32. The van der Waals surface area contributed by atoms with Gasteiger partial charge in [0.05, 0.1) is 11.0 Å². The van der Waals surface area contributed by atoms with Crippen molar-refractivity contribution in [2.75, 3.05) is 0 Å². The van der Waals surface area contributed by atoms with E-state index in [-0.39, 0.29) is 5.25 Å². The molecule has 1 unspecified atom stereocenters. The standard InChI is InChI=1S/C22H20N6S/c1-14-13-19(15(2)27(14)18-7-5-4-6-8-18)20-16(3)29-22-25-24-21(28(22)26-20)17-9-11-23-12-10-17/h4-13,16H,1-3H3. The minimum Gasteiger partial charge on any atom is -0.318 e. The van der Waals surface area contributed by atoms with Crippen LogP contribution in [0.5, 0.6) is 0 Å². The van der Waals surface area contributed by atoms with Crippen LogP contribution in [0.1, 0.15) is 23.9 Å². The first-order chi connectivity index (χ1) is 14.1. The summed E-state index contributed by atoms with van der Waals surface area (Å²) in [6.07, 6.45) is 3.52. The zero-order chi connectivity index (χ0) is 20.0. The maximum Gasteiger partial charge on any atom is 0.213 e. The van der Waals surface area contributed by atoms with Crippen molar-refractivity contribution in [1.29, 1.82) is 0 Å². The summed E-state index contributed by atoms with van der Waals surface area (Å²) in [6.45, 7) is 6.46. The van der Waals surface area contributed by atoms with E-state index in [4.69, 9.17) is 5.10 Å². The summed E-state index contributed by atoms with van der Waals surface area (Å²) in [5, 5.41) is 14.7. The molecule has 0 spiro atoms. The van der Waals surface area contributed by atoms with Gasteiger partial charge < -0.3 is 4.57 Å². The lowest BCUT2D eigenvalue weighted by molar-refractivity contribution is 0.754. The minimum atomic E-state index is 0.182. The van der Waals surface area contributed by atoms with Crippen LogP contribution < -0.4 is 0 Å². The molecule has 1 aliphatic rings. The number of hydrogen-bond acceptors (Lipinski definition) is 5. The van der Waals surface area contributed by atoms with Gasteiger partial charge in [0.25, 0.3) is 0 Å². The molecule has 0 radical (unpaired) electrons. The summed E-state index contributed by atoms with van der Waals surface area (Å²) in [6, 6.07) is 16.5. The van der Waals surface area contributed by atoms with Crippen LogP contribution in [0.2, 0.25) is 0 Å². The van der Waals surface area contributed by atoms with Gasteiger partial charge in [-0.15, -0.1) is 10.2 Å². The molecule has 3 aromatic heterocycles. The van der Waals surface area contributed by atoms with Gasteiger partial charge in [-0.05, 0) is 51.1 Å². The maximum atomic E-state index is 5.00. The Morgan fingerprint density at radius 2 is 1.72 bits per heavy atom. The number of hydrogen-bond donors (Lipinski definition) is 0. The lowest BCUT2D eigenvalue weighted by atomic mass is 10.1. The lowest BCUT2D eigenvalue weighted by Gasteiger charge is -2.20. The smallest absolute Gasteiger partial charge is 0.213 e. The average Bonchev–Trinajstić information content (AvgIpc) is 3.28. The van der Waals surface area contributed by atoms with Gasteiger partial charge in [0.2, 0.25) is 5.16 Å². The maximum absolute atomic E-state index is 5.00. The SMILES string of the molecule is Cc1cc(C2=Nn3c(nnc3-c3ccncc3)SC2C)c(C)n1-c1ccccc1. The number of para-hydroxylation sites is 1. The molecule has 0 saturated heterocycles. The van der Waals surface area contributed by atoms with Crippen LogP contribution in [0.25, 0.3) is 17.1 Å². The average molecular weight is 401 g/mol. The van der Waals surface area contributed by atoms with Crippen LogP contribution in [0, 0.1) is 13.8 Å². The van der Waals surface area contributed by atoms with Gasteiger partial charge in [-0.1, -0.05) is 30.0 Å². The van der Waals surface area contributed by atoms with E-state index in [0.29, 0.717) is 0 Å². The van der Waals surface area contributed by atoms with Crippen LogP contribution >= 0.6 is 11.8 Å². The third-order valence-electron chi connectivity index (χ3n) is 5.15. The van der Waals surface area contributed by atoms with Crippen LogP contribution in [0.3, 0.4) is 0 Å². The van der Waals surface area contributed by atoms with Crippen LogP contribution in [0.15, 0.2) is 71.2 Å². The van der Waals surface area contributed by atoms with E-state index in [1.54, 1.807) is 24.2 Å². The number of thioether (sulfide) groups is 1. The van der Waals surface area contributed by atoms with Crippen molar-refractivity contribution >= 4 is 17.5 Å². The molecular weight excluding hydrogens is 380 g/mol. The summed E-state index contributed by atoms with van der Waals surface area (Å²) in [5.74, 6) is 0.733. The Morgan fingerprint density at radius 1 is 0.966 bits per heavy atom. The highest BCUT2D eigenvalue weighted by Crippen LogP contribution is 2.34. The van der Waals surface area contributed by atoms with Crippen LogP contribution in [-0.4, -0.2) is 35.4 Å². The summed E-state index contributed by atoms with van der Waals surface area (Å²) in [7, 11) is 0. The molecule has 1 atom stereocenters. The number of nitrogens with zero attached hydrogens (tertiary/aromatic N) is 6. The molecule has 1 aromatic carbocycles. The predicted molar refractivity (Wildman–Crippen MR) is 116 cm³/mol. The Bertz CT molecular complexity index is 1210. The van der Waals surface area contributed by atoms with E-state index in [1.807, 2.05) is 22.9 Å². The van der Waals surface area contributed by atoms with E-state index in [2.05, 4.69) is 70.9 Å². The molecule has 0 bridgehead atoms. The summed E-state index contributed by atoms with van der Waals surface area (Å²) >= 11 is 1.68. The molecule has 1 aliphatic heterocycles. The Balaban J connectivity index is 1.64. The molecule has 4 aromatic rings. The molecule has 0 fully saturated rings. The van der Waals surface area contributed by atoms with E-state index in [0.717, 1.165) is 33.5 Å². The molecular formula is C22H20N6S. The third-order valence-corrected chi connectivity index (χ3v) is 6.19. The first-order valence-electron chi connectivity index (χ1n) is 9.49. The largest absolute Gasteiger partial charge is 0.318 e. The topological polar surface area (TPSA) is 60.9 Å². The summed E-state index contributed by atoms with van der Waals surface area (Å²) in [5.41, 5.74) is 6.67. The monoisotopic (exact) mass is 400 g/mol. The highest BCUT2D eigenvalue weighted by atomic mass is 32.2. The van der Waals surface area contributed by atoms with Gasteiger partial charge in [0.1, 0.15) is 0 Å². The summed E-state index contributed by atoms with van der Waals surface area (Å²) < 4.78 is 4.13. The molecule has 4 heterocycles. The van der Waals surface area contributed by atoms with Crippen molar-refractivity contribution in [3.8, 4) is 17.1 Å². The summed E-state index contributed by atoms with van der Waals surface area (Å²) in [4.78, 5) is 4.09. The second-order valence-electron chi connectivity index (χ2n) is 7.05. The normalized spacial score (nSPS) is 15.8. The molecule has 29 heavy (non-hydrogen) atoms. The van der Waals surface area contributed by atoms with E-state index in [9.17, 15) is 0 Å². The fourth-order valence-electron chi connectivity index (χ4n) is 3.78. The molecule has 6 nitrogen and oxygen atoms in total. The van der Waals surface area contributed by atoms with Crippen molar-refractivity contribution in [3.05, 3.63) is 77.9 Å². The zero-order valence-corrected chi connectivity index (χ0v) is 17.3. The molecule has 144 valence electrons. The lowest BCUT2D eigenvalue weighted by Crippen LogP contribution is -2.22. The van der Waals surface area contributed by atoms with Gasteiger partial charge in [0, 0.05) is 40.6 Å². The van der Waals surface area contributed by atoms with E-state index in [1.165, 1.54) is 11.4 Å². The minimum absolute atomic E-state index is 0.182. The zero-order valence-electron chi connectivity index (χ0n) is 16.4. The Labute approximate surface area is 173 Å². The number of benzene rings is 1. The van der Waals surface area contributed by atoms with E-state index < -0.39 is 0 Å². The van der Waals surface area contributed by atoms with Crippen molar-refractivity contribution in [2.24, 2.45) is 5.10 Å². The van der Waals surface area contributed by atoms with E-state index >= 15 is 0 Å². The second-order valence-corrected chi connectivity index (χ2v) is 8.36.